The molecular weight excluding hydrogens is 341 g/mol. The van der Waals surface area contributed by atoms with E-state index in [0.717, 1.165) is 0 Å². The Labute approximate surface area is 151 Å². The molecule has 0 aliphatic rings. The van der Waals surface area contributed by atoms with Crippen molar-refractivity contribution >= 4 is 11.9 Å². The maximum absolute atomic E-state index is 12.9. The fourth-order valence-electron chi connectivity index (χ4n) is 2.27. The smallest absolute Gasteiger partial charge is 0.328 e. The van der Waals surface area contributed by atoms with Crippen LogP contribution in [0.2, 0.25) is 0 Å². The summed E-state index contributed by atoms with van der Waals surface area (Å²) in [5, 5.41) is 2.64. The quantitative estimate of drug-likeness (QED) is 0.728. The lowest BCUT2D eigenvalue weighted by Crippen LogP contribution is -2.45. The largest absolute Gasteiger partial charge is 0.486 e. The standard InChI is InChI=1S/C19H22FNO5/c1-4-12(2)17(19(23)24-3)21-18(22)16-10-9-15(26-16)11-25-14-7-5-13(20)6-8-14/h5-10,12,17H,4,11H2,1-3H3,(H,21,22). The molecule has 0 radical (unpaired) electrons. The Morgan fingerprint density at radius 3 is 2.50 bits per heavy atom. The summed E-state index contributed by atoms with van der Waals surface area (Å²) < 4.78 is 28.5. The number of carbonyl (C=O) groups is 2. The normalized spacial score (nSPS) is 12.9. The SMILES string of the molecule is CCC(C)C(NC(=O)c1ccc(COc2ccc(F)cc2)o1)C(=O)OC. The number of hydrogen-bond donors (Lipinski definition) is 1. The molecule has 1 aromatic heterocycles. The van der Waals surface area contributed by atoms with Crippen LogP contribution in [-0.4, -0.2) is 25.0 Å². The van der Waals surface area contributed by atoms with Gasteiger partial charge < -0.3 is 19.2 Å². The Morgan fingerprint density at radius 1 is 1.19 bits per heavy atom. The van der Waals surface area contributed by atoms with Crippen LogP contribution in [0.1, 0.15) is 36.6 Å². The fourth-order valence-corrected chi connectivity index (χ4v) is 2.27. The average molecular weight is 363 g/mol. The van der Waals surface area contributed by atoms with Gasteiger partial charge in [0.15, 0.2) is 5.76 Å². The minimum atomic E-state index is -0.749. The Bertz CT molecular complexity index is 741. The molecule has 2 atom stereocenters. The molecule has 0 spiro atoms. The van der Waals surface area contributed by atoms with Crippen LogP contribution >= 0.6 is 0 Å². The van der Waals surface area contributed by atoms with Crippen molar-refractivity contribution in [3.8, 4) is 5.75 Å². The third-order valence-corrected chi connectivity index (χ3v) is 4.03. The Hall–Kier alpha value is -2.83. The highest BCUT2D eigenvalue weighted by Gasteiger charge is 2.28. The van der Waals surface area contributed by atoms with Gasteiger partial charge in [0, 0.05) is 0 Å². The minimum Gasteiger partial charge on any atom is -0.486 e. The summed E-state index contributed by atoms with van der Waals surface area (Å²) in [4.78, 5) is 24.2. The molecule has 7 heteroatoms. The Morgan fingerprint density at radius 2 is 1.88 bits per heavy atom. The van der Waals surface area contributed by atoms with E-state index in [1.54, 1.807) is 6.07 Å². The highest BCUT2D eigenvalue weighted by atomic mass is 19.1. The first-order valence-electron chi connectivity index (χ1n) is 8.30. The Balaban J connectivity index is 1.97. The molecule has 0 aliphatic carbocycles. The van der Waals surface area contributed by atoms with Gasteiger partial charge in [-0.2, -0.15) is 0 Å². The van der Waals surface area contributed by atoms with Crippen molar-refractivity contribution in [1.29, 1.82) is 0 Å². The molecule has 0 saturated carbocycles. The summed E-state index contributed by atoms with van der Waals surface area (Å²) in [6, 6.07) is 7.94. The summed E-state index contributed by atoms with van der Waals surface area (Å²) in [5.74, 6) is -0.458. The van der Waals surface area contributed by atoms with Gasteiger partial charge in [0.1, 0.15) is 30.0 Å². The summed E-state index contributed by atoms with van der Waals surface area (Å²) >= 11 is 0. The summed E-state index contributed by atoms with van der Waals surface area (Å²) in [6.07, 6.45) is 0.703. The molecule has 140 valence electrons. The van der Waals surface area contributed by atoms with E-state index in [0.29, 0.717) is 17.9 Å². The van der Waals surface area contributed by atoms with Crippen molar-refractivity contribution in [2.45, 2.75) is 32.9 Å². The van der Waals surface area contributed by atoms with Crippen molar-refractivity contribution < 1.29 is 27.9 Å². The van der Waals surface area contributed by atoms with Crippen molar-refractivity contribution in [2.75, 3.05) is 7.11 Å². The van der Waals surface area contributed by atoms with Crippen LogP contribution in [-0.2, 0) is 16.1 Å². The first-order chi connectivity index (χ1) is 12.4. The zero-order valence-corrected chi connectivity index (χ0v) is 15.0. The number of nitrogens with one attached hydrogen (secondary N) is 1. The second-order valence-corrected chi connectivity index (χ2v) is 5.87. The third-order valence-electron chi connectivity index (χ3n) is 4.03. The molecule has 2 aromatic rings. The van der Waals surface area contributed by atoms with E-state index >= 15 is 0 Å². The molecule has 0 bridgehead atoms. The van der Waals surface area contributed by atoms with Crippen molar-refractivity contribution in [3.05, 3.63) is 53.7 Å². The van der Waals surface area contributed by atoms with Gasteiger partial charge in [0.2, 0.25) is 0 Å². The van der Waals surface area contributed by atoms with Crippen molar-refractivity contribution in [2.24, 2.45) is 5.92 Å². The molecule has 0 fully saturated rings. The summed E-state index contributed by atoms with van der Waals surface area (Å²) in [6.45, 7) is 3.86. The number of furan rings is 1. The lowest BCUT2D eigenvalue weighted by Gasteiger charge is -2.21. The van der Waals surface area contributed by atoms with Crippen LogP contribution in [0.3, 0.4) is 0 Å². The van der Waals surface area contributed by atoms with E-state index in [4.69, 9.17) is 13.9 Å². The number of carbonyl (C=O) groups excluding carboxylic acids is 2. The molecule has 1 N–H and O–H groups in total. The van der Waals surface area contributed by atoms with E-state index in [1.165, 1.54) is 37.4 Å². The molecule has 26 heavy (non-hydrogen) atoms. The first kappa shape index (κ1) is 19.5. The predicted molar refractivity (Wildman–Crippen MR) is 92.2 cm³/mol. The van der Waals surface area contributed by atoms with E-state index in [-0.39, 0.29) is 24.1 Å². The number of halogens is 1. The second-order valence-electron chi connectivity index (χ2n) is 5.87. The molecule has 2 unspecified atom stereocenters. The lowest BCUT2D eigenvalue weighted by atomic mass is 9.99. The van der Waals surface area contributed by atoms with Crippen LogP contribution in [0, 0.1) is 11.7 Å². The van der Waals surface area contributed by atoms with E-state index in [9.17, 15) is 14.0 Å². The number of benzene rings is 1. The maximum atomic E-state index is 12.9. The van der Waals surface area contributed by atoms with E-state index in [1.807, 2.05) is 13.8 Å². The number of rotatable bonds is 8. The summed E-state index contributed by atoms with van der Waals surface area (Å²) in [5.41, 5.74) is 0. The second kappa shape index (κ2) is 9.03. The molecule has 0 aliphatic heterocycles. The predicted octanol–water partition coefficient (Wildman–Crippen LogP) is 3.32. The zero-order chi connectivity index (χ0) is 19.1. The van der Waals surface area contributed by atoms with Gasteiger partial charge in [0.25, 0.3) is 5.91 Å². The molecule has 1 heterocycles. The number of methoxy groups -OCH3 is 1. The van der Waals surface area contributed by atoms with Crippen LogP contribution in [0.25, 0.3) is 0 Å². The molecule has 6 nitrogen and oxygen atoms in total. The highest BCUT2D eigenvalue weighted by Crippen LogP contribution is 2.16. The van der Waals surface area contributed by atoms with Crippen molar-refractivity contribution in [3.63, 3.8) is 0 Å². The summed E-state index contributed by atoms with van der Waals surface area (Å²) in [7, 11) is 1.28. The first-order valence-corrected chi connectivity index (χ1v) is 8.30. The number of esters is 1. The van der Waals surface area contributed by atoms with Gasteiger partial charge in [-0.05, 0) is 42.3 Å². The molecule has 1 amide bonds. The highest BCUT2D eigenvalue weighted by molar-refractivity contribution is 5.94. The van der Waals surface area contributed by atoms with Crippen LogP contribution in [0.15, 0.2) is 40.8 Å². The molecular formula is C19H22FNO5. The van der Waals surface area contributed by atoms with Crippen LogP contribution < -0.4 is 10.1 Å². The number of amides is 1. The monoisotopic (exact) mass is 363 g/mol. The van der Waals surface area contributed by atoms with E-state index in [2.05, 4.69) is 5.32 Å². The fraction of sp³-hybridized carbons (Fsp3) is 0.368. The topological polar surface area (TPSA) is 77.8 Å². The third kappa shape index (κ3) is 5.08. The zero-order valence-electron chi connectivity index (χ0n) is 15.0. The van der Waals surface area contributed by atoms with Gasteiger partial charge in [0.05, 0.1) is 7.11 Å². The van der Waals surface area contributed by atoms with Gasteiger partial charge in [-0.25, -0.2) is 9.18 Å². The Kier molecular flexibility index (Phi) is 6.77. The minimum absolute atomic E-state index is 0.0694. The van der Waals surface area contributed by atoms with Crippen LogP contribution in [0.4, 0.5) is 4.39 Å². The van der Waals surface area contributed by atoms with E-state index < -0.39 is 17.9 Å². The van der Waals surface area contributed by atoms with Gasteiger partial charge in [-0.15, -0.1) is 0 Å². The molecule has 0 saturated heterocycles. The van der Waals surface area contributed by atoms with Crippen LogP contribution in [0.5, 0.6) is 5.75 Å². The lowest BCUT2D eigenvalue weighted by molar-refractivity contribution is -0.144. The number of ether oxygens (including phenoxy) is 2. The average Bonchev–Trinajstić information content (AvgIpc) is 3.13. The van der Waals surface area contributed by atoms with Gasteiger partial charge in [-0.1, -0.05) is 20.3 Å². The van der Waals surface area contributed by atoms with Gasteiger partial charge in [-0.3, -0.25) is 4.79 Å². The molecule has 1 aromatic carbocycles. The van der Waals surface area contributed by atoms with Crippen molar-refractivity contribution in [1.82, 2.24) is 5.32 Å². The molecule has 2 rings (SSSR count). The maximum Gasteiger partial charge on any atom is 0.328 e. The van der Waals surface area contributed by atoms with Gasteiger partial charge >= 0.3 is 5.97 Å². The number of hydrogen-bond acceptors (Lipinski definition) is 5.